The summed E-state index contributed by atoms with van der Waals surface area (Å²) >= 11 is 0. The third kappa shape index (κ3) is 4.28. The molecule has 0 heterocycles. The number of unbranched alkanes of at least 4 members (excludes halogenated alkanes) is 1. The van der Waals surface area contributed by atoms with Crippen LogP contribution >= 0.6 is 0 Å². The summed E-state index contributed by atoms with van der Waals surface area (Å²) in [6, 6.07) is 4.19. The van der Waals surface area contributed by atoms with Crippen LogP contribution in [0.1, 0.15) is 12.8 Å². The number of nitro benzene ring substituents is 1. The van der Waals surface area contributed by atoms with Crippen LogP contribution in [0.2, 0.25) is 0 Å². The van der Waals surface area contributed by atoms with E-state index in [2.05, 4.69) is 0 Å². The average Bonchev–Trinajstić information content (AvgIpc) is 2.30. The van der Waals surface area contributed by atoms with Gasteiger partial charge in [0.25, 0.3) is 5.69 Å². The lowest BCUT2D eigenvalue weighted by Crippen LogP contribution is -2.02. The Bertz CT molecular complexity index is 382. The van der Waals surface area contributed by atoms with Gasteiger partial charge >= 0.3 is 0 Å². The van der Waals surface area contributed by atoms with Gasteiger partial charge in [-0.15, -0.1) is 0 Å². The minimum Gasteiger partial charge on any atom is -0.491 e. The van der Waals surface area contributed by atoms with Gasteiger partial charge in [-0.3, -0.25) is 10.1 Å². The van der Waals surface area contributed by atoms with E-state index in [1.165, 1.54) is 18.2 Å². The molecule has 0 amide bonds. The van der Waals surface area contributed by atoms with Crippen molar-refractivity contribution in [1.82, 2.24) is 0 Å². The summed E-state index contributed by atoms with van der Waals surface area (Å²) in [4.78, 5) is 10.0. The van der Waals surface area contributed by atoms with Crippen molar-refractivity contribution in [2.75, 3.05) is 26.1 Å². The average molecular weight is 240 g/mol. The zero-order chi connectivity index (χ0) is 12.7. The number of rotatable bonds is 7. The molecule has 0 aliphatic carbocycles. The monoisotopic (exact) mass is 240 g/mol. The number of benzene rings is 1. The molecule has 1 aromatic carbocycles. The maximum Gasteiger partial charge on any atom is 0.271 e. The molecule has 0 aliphatic heterocycles. The Morgan fingerprint density at radius 1 is 1.35 bits per heavy atom. The summed E-state index contributed by atoms with van der Waals surface area (Å²) in [5.41, 5.74) is 5.90. The second kappa shape index (κ2) is 6.70. The van der Waals surface area contributed by atoms with E-state index in [1.54, 1.807) is 7.11 Å². The highest BCUT2D eigenvalue weighted by atomic mass is 16.6. The van der Waals surface area contributed by atoms with Crippen molar-refractivity contribution >= 4 is 11.4 Å². The van der Waals surface area contributed by atoms with Crippen LogP contribution in [0.4, 0.5) is 11.4 Å². The van der Waals surface area contributed by atoms with Crippen molar-refractivity contribution in [2.45, 2.75) is 12.8 Å². The SMILES string of the molecule is COCCCCOc1ccc([N+](=O)[O-])cc1N. The smallest absolute Gasteiger partial charge is 0.271 e. The largest absolute Gasteiger partial charge is 0.491 e. The molecule has 0 saturated carbocycles. The molecule has 0 aliphatic rings. The van der Waals surface area contributed by atoms with Gasteiger partial charge in [-0.25, -0.2) is 0 Å². The number of nitro groups is 1. The normalized spacial score (nSPS) is 10.2. The quantitative estimate of drug-likeness (QED) is 0.341. The molecule has 0 aromatic heterocycles. The van der Waals surface area contributed by atoms with Crippen molar-refractivity contribution in [3.05, 3.63) is 28.3 Å². The highest BCUT2D eigenvalue weighted by Gasteiger charge is 2.09. The number of nitrogens with two attached hydrogens (primary N) is 1. The van der Waals surface area contributed by atoms with Crippen molar-refractivity contribution in [3.63, 3.8) is 0 Å². The summed E-state index contributed by atoms with van der Waals surface area (Å²) in [5.74, 6) is 0.480. The number of hydrogen-bond acceptors (Lipinski definition) is 5. The lowest BCUT2D eigenvalue weighted by atomic mass is 10.2. The van der Waals surface area contributed by atoms with Gasteiger partial charge < -0.3 is 15.2 Å². The summed E-state index contributed by atoms with van der Waals surface area (Å²) < 4.78 is 10.3. The highest BCUT2D eigenvalue weighted by Crippen LogP contribution is 2.26. The van der Waals surface area contributed by atoms with Gasteiger partial charge in [0.05, 0.1) is 17.2 Å². The molecule has 0 bridgehead atoms. The minimum absolute atomic E-state index is 0.0331. The van der Waals surface area contributed by atoms with Gasteiger partial charge in [0, 0.05) is 25.8 Å². The van der Waals surface area contributed by atoms with Crippen molar-refractivity contribution in [2.24, 2.45) is 0 Å². The standard InChI is InChI=1S/C11H16N2O4/c1-16-6-2-3-7-17-11-5-4-9(13(14)15)8-10(11)12/h4-5,8H,2-3,6-7,12H2,1H3. The van der Waals surface area contributed by atoms with E-state index >= 15 is 0 Å². The first-order valence-electron chi connectivity index (χ1n) is 5.31. The van der Waals surface area contributed by atoms with Crippen molar-refractivity contribution in [3.8, 4) is 5.75 Å². The molecule has 0 spiro atoms. The number of nitrogens with zero attached hydrogens (tertiary/aromatic N) is 1. The molecule has 0 atom stereocenters. The highest BCUT2D eigenvalue weighted by molar-refractivity contribution is 5.58. The molecule has 6 nitrogen and oxygen atoms in total. The van der Waals surface area contributed by atoms with E-state index in [1.807, 2.05) is 0 Å². The molecule has 0 saturated heterocycles. The van der Waals surface area contributed by atoms with Gasteiger partial charge in [0.2, 0.25) is 0 Å². The molecular formula is C11H16N2O4. The maximum atomic E-state index is 10.5. The molecule has 0 radical (unpaired) electrons. The van der Waals surface area contributed by atoms with Crippen LogP contribution in [0.25, 0.3) is 0 Å². The van der Waals surface area contributed by atoms with Crippen LogP contribution in [-0.4, -0.2) is 25.2 Å². The van der Waals surface area contributed by atoms with Gasteiger partial charge in [-0.05, 0) is 18.9 Å². The van der Waals surface area contributed by atoms with E-state index in [9.17, 15) is 10.1 Å². The van der Waals surface area contributed by atoms with Gasteiger partial charge in [0.1, 0.15) is 5.75 Å². The second-order valence-corrected chi connectivity index (χ2v) is 3.53. The Morgan fingerprint density at radius 2 is 2.06 bits per heavy atom. The molecule has 1 aromatic rings. The number of hydrogen-bond donors (Lipinski definition) is 1. The fraction of sp³-hybridized carbons (Fsp3) is 0.455. The predicted molar refractivity (Wildman–Crippen MR) is 64.1 cm³/mol. The Morgan fingerprint density at radius 3 is 2.65 bits per heavy atom. The first-order valence-corrected chi connectivity index (χ1v) is 5.31. The first-order chi connectivity index (χ1) is 8.15. The zero-order valence-electron chi connectivity index (χ0n) is 9.72. The summed E-state index contributed by atoms with van der Waals surface area (Å²) in [7, 11) is 1.65. The summed E-state index contributed by atoms with van der Waals surface area (Å²) in [6.07, 6.45) is 1.76. The number of methoxy groups -OCH3 is 1. The van der Waals surface area contributed by atoms with Gasteiger partial charge in [-0.2, -0.15) is 0 Å². The number of nitrogen functional groups attached to an aromatic ring is 1. The molecule has 6 heteroatoms. The zero-order valence-corrected chi connectivity index (χ0v) is 9.72. The van der Waals surface area contributed by atoms with E-state index in [0.717, 1.165) is 12.8 Å². The summed E-state index contributed by atoms with van der Waals surface area (Å²) in [6.45, 7) is 1.21. The van der Waals surface area contributed by atoms with Crippen molar-refractivity contribution in [1.29, 1.82) is 0 Å². The maximum absolute atomic E-state index is 10.5. The molecule has 94 valence electrons. The van der Waals surface area contributed by atoms with Crippen LogP contribution < -0.4 is 10.5 Å². The number of non-ortho nitro benzene ring substituents is 1. The first kappa shape index (κ1) is 13.2. The lowest BCUT2D eigenvalue weighted by Gasteiger charge is -2.08. The fourth-order valence-electron chi connectivity index (χ4n) is 1.31. The predicted octanol–water partition coefficient (Wildman–Crippen LogP) is 1.98. The third-order valence-corrected chi connectivity index (χ3v) is 2.20. The lowest BCUT2D eigenvalue weighted by molar-refractivity contribution is -0.384. The molecule has 17 heavy (non-hydrogen) atoms. The molecular weight excluding hydrogens is 224 g/mol. The molecule has 0 fully saturated rings. The Kier molecular flexibility index (Phi) is 5.22. The molecule has 2 N–H and O–H groups in total. The number of anilines is 1. The Balaban J connectivity index is 2.46. The third-order valence-electron chi connectivity index (χ3n) is 2.20. The van der Waals surface area contributed by atoms with E-state index < -0.39 is 4.92 Å². The van der Waals surface area contributed by atoms with E-state index in [-0.39, 0.29) is 11.4 Å². The Hall–Kier alpha value is -1.82. The second-order valence-electron chi connectivity index (χ2n) is 3.53. The number of ether oxygens (including phenoxy) is 2. The van der Waals surface area contributed by atoms with E-state index in [0.29, 0.717) is 19.0 Å². The minimum atomic E-state index is -0.487. The van der Waals surface area contributed by atoms with Crippen LogP contribution in [0.5, 0.6) is 5.75 Å². The Labute approximate surface area is 99.5 Å². The molecule has 0 unspecified atom stereocenters. The van der Waals surface area contributed by atoms with Gasteiger partial charge in [0.15, 0.2) is 0 Å². The van der Waals surface area contributed by atoms with Crippen LogP contribution in [-0.2, 0) is 4.74 Å². The van der Waals surface area contributed by atoms with E-state index in [4.69, 9.17) is 15.2 Å². The topological polar surface area (TPSA) is 87.6 Å². The summed E-state index contributed by atoms with van der Waals surface area (Å²) in [5, 5.41) is 10.5. The van der Waals surface area contributed by atoms with Crippen LogP contribution in [0.15, 0.2) is 18.2 Å². The van der Waals surface area contributed by atoms with Crippen molar-refractivity contribution < 1.29 is 14.4 Å². The van der Waals surface area contributed by atoms with Crippen LogP contribution in [0, 0.1) is 10.1 Å². The van der Waals surface area contributed by atoms with Gasteiger partial charge in [-0.1, -0.05) is 0 Å². The fourth-order valence-corrected chi connectivity index (χ4v) is 1.31. The van der Waals surface area contributed by atoms with Crippen LogP contribution in [0.3, 0.4) is 0 Å². The molecule has 1 rings (SSSR count).